The maximum absolute atomic E-state index is 6.16. The molecule has 5 heteroatoms. The lowest BCUT2D eigenvalue weighted by atomic mass is 9.97. The van der Waals surface area contributed by atoms with E-state index in [9.17, 15) is 0 Å². The van der Waals surface area contributed by atoms with Crippen molar-refractivity contribution in [2.45, 2.75) is 12.3 Å². The summed E-state index contributed by atoms with van der Waals surface area (Å²) in [5.41, 5.74) is 10.0. The molecule has 5 aromatic carbocycles. The number of aliphatic imine (C=N–C) groups is 1. The van der Waals surface area contributed by atoms with Gasteiger partial charge in [-0.3, -0.25) is 10.3 Å². The van der Waals surface area contributed by atoms with Gasteiger partial charge in [0.2, 0.25) is 0 Å². The van der Waals surface area contributed by atoms with Gasteiger partial charge in [-0.05, 0) is 68.4 Å². The highest BCUT2D eigenvalue weighted by Crippen LogP contribution is 2.48. The number of pyridine rings is 1. The molecule has 1 aliphatic heterocycles. The third kappa shape index (κ3) is 3.39. The van der Waals surface area contributed by atoms with Gasteiger partial charge in [-0.25, -0.2) is 4.99 Å². The molecule has 0 bridgehead atoms. The Labute approximate surface area is 236 Å². The molecule has 2 aliphatic rings. The lowest BCUT2D eigenvalue weighted by Crippen LogP contribution is -2.45. The number of fused-ring (bicyclic) bond motifs is 6. The van der Waals surface area contributed by atoms with Crippen molar-refractivity contribution in [3.05, 3.63) is 138 Å². The van der Waals surface area contributed by atoms with Crippen molar-refractivity contribution in [2.75, 3.05) is 0 Å². The second-order valence-corrected chi connectivity index (χ2v) is 10.7. The molecule has 5 nitrogen and oxygen atoms in total. The van der Waals surface area contributed by atoms with E-state index >= 15 is 0 Å². The minimum atomic E-state index is -0.261. The number of nitrogens with zero attached hydrogens (tertiary/aromatic N) is 2. The van der Waals surface area contributed by atoms with Crippen LogP contribution in [0.1, 0.15) is 29.0 Å². The Morgan fingerprint density at radius 2 is 1.39 bits per heavy atom. The molecule has 0 saturated carbocycles. The van der Waals surface area contributed by atoms with Crippen LogP contribution < -0.4 is 10.6 Å². The van der Waals surface area contributed by atoms with E-state index in [4.69, 9.17) is 9.41 Å². The number of rotatable bonds is 3. The van der Waals surface area contributed by atoms with Crippen LogP contribution in [0.5, 0.6) is 0 Å². The maximum Gasteiger partial charge on any atom is 0.153 e. The fourth-order valence-corrected chi connectivity index (χ4v) is 6.56. The average Bonchev–Trinajstić information content (AvgIpc) is 3.58. The molecule has 0 fully saturated rings. The van der Waals surface area contributed by atoms with Crippen LogP contribution in [0.2, 0.25) is 0 Å². The van der Waals surface area contributed by atoms with Crippen molar-refractivity contribution in [2.24, 2.45) is 4.99 Å². The quantitative estimate of drug-likeness (QED) is 0.243. The summed E-state index contributed by atoms with van der Waals surface area (Å²) in [5, 5.41) is 12.1. The van der Waals surface area contributed by atoms with E-state index in [2.05, 4.69) is 101 Å². The van der Waals surface area contributed by atoms with E-state index in [1.165, 1.54) is 33.0 Å². The largest absolute Gasteiger partial charge is 0.454 e. The summed E-state index contributed by atoms with van der Waals surface area (Å²) < 4.78 is 6.16. The summed E-state index contributed by atoms with van der Waals surface area (Å²) >= 11 is 0. The van der Waals surface area contributed by atoms with E-state index in [0.29, 0.717) is 0 Å². The van der Waals surface area contributed by atoms with Crippen molar-refractivity contribution in [3.8, 4) is 22.3 Å². The first-order valence-corrected chi connectivity index (χ1v) is 13.9. The van der Waals surface area contributed by atoms with E-state index < -0.39 is 0 Å². The molecule has 41 heavy (non-hydrogen) atoms. The summed E-state index contributed by atoms with van der Waals surface area (Å²) in [4.78, 5) is 9.59. The third-order valence-corrected chi connectivity index (χ3v) is 8.37. The van der Waals surface area contributed by atoms with Crippen LogP contribution >= 0.6 is 0 Å². The van der Waals surface area contributed by atoms with Crippen molar-refractivity contribution in [1.82, 2.24) is 15.6 Å². The third-order valence-electron chi connectivity index (χ3n) is 8.37. The standard InChI is InChI=1S/C36H24N4O/c1-2-8-21(9-3-1)34-38-35(23-18-22-10-6-13-26-24-11-4-5-12-25(24)29(19-23)32(22)26)40-36(39-34)28-14-7-15-30-33(28)27-16-17-37-20-31(27)41-30/h1-20,34-35,38H,(H,39,40). The Bertz CT molecular complexity index is 2180. The highest BCUT2D eigenvalue weighted by atomic mass is 16.3. The van der Waals surface area contributed by atoms with E-state index in [0.717, 1.165) is 44.5 Å². The van der Waals surface area contributed by atoms with Gasteiger partial charge >= 0.3 is 0 Å². The molecular weight excluding hydrogens is 504 g/mol. The Hall–Kier alpha value is -5.26. The maximum atomic E-state index is 6.16. The monoisotopic (exact) mass is 528 g/mol. The number of hydrogen-bond acceptors (Lipinski definition) is 5. The summed E-state index contributed by atoms with van der Waals surface area (Å²) in [7, 11) is 0. The van der Waals surface area contributed by atoms with Gasteiger partial charge in [0, 0.05) is 22.5 Å². The number of amidine groups is 1. The molecule has 1 aliphatic carbocycles. The molecule has 194 valence electrons. The minimum absolute atomic E-state index is 0.133. The van der Waals surface area contributed by atoms with Crippen LogP contribution in [-0.2, 0) is 0 Å². The summed E-state index contributed by atoms with van der Waals surface area (Å²) in [5.74, 6) is 0.832. The normalized spacial score (nSPS) is 17.5. The fourth-order valence-electron chi connectivity index (χ4n) is 6.56. The second-order valence-electron chi connectivity index (χ2n) is 10.7. The predicted molar refractivity (Wildman–Crippen MR) is 165 cm³/mol. The van der Waals surface area contributed by atoms with E-state index in [1.54, 1.807) is 6.20 Å². The first kappa shape index (κ1) is 22.5. The molecule has 9 rings (SSSR count). The lowest BCUT2D eigenvalue weighted by Gasteiger charge is -2.32. The van der Waals surface area contributed by atoms with Crippen LogP contribution in [0, 0.1) is 0 Å². The van der Waals surface area contributed by atoms with Crippen molar-refractivity contribution in [3.63, 3.8) is 0 Å². The minimum Gasteiger partial charge on any atom is -0.454 e. The Balaban J connectivity index is 1.26. The number of furan rings is 1. The van der Waals surface area contributed by atoms with Gasteiger partial charge in [0.05, 0.1) is 6.20 Å². The van der Waals surface area contributed by atoms with Crippen molar-refractivity contribution < 1.29 is 4.42 Å². The molecule has 0 amide bonds. The summed E-state index contributed by atoms with van der Waals surface area (Å²) in [6, 6.07) is 38.6. The van der Waals surface area contributed by atoms with Crippen LogP contribution in [0.4, 0.5) is 0 Å². The first-order chi connectivity index (χ1) is 20.3. The molecular formula is C36H24N4O. The lowest BCUT2D eigenvalue weighted by molar-refractivity contribution is 0.409. The van der Waals surface area contributed by atoms with Gasteiger partial charge < -0.3 is 9.73 Å². The Morgan fingerprint density at radius 3 is 2.29 bits per heavy atom. The van der Waals surface area contributed by atoms with Gasteiger partial charge in [-0.1, -0.05) is 84.9 Å². The van der Waals surface area contributed by atoms with Gasteiger partial charge in [0.25, 0.3) is 0 Å². The molecule has 2 atom stereocenters. The number of hydrogen-bond donors (Lipinski definition) is 2. The molecule has 3 heterocycles. The van der Waals surface area contributed by atoms with Crippen LogP contribution in [0.15, 0.2) is 131 Å². The first-order valence-electron chi connectivity index (χ1n) is 13.9. The SMILES string of the molecule is c1ccc(C2NC(c3cccc4oc5cnccc5c34)=NC(c3cc4c5c(cccc5c3)-c3ccccc3-4)N2)cc1. The molecule has 2 N–H and O–H groups in total. The van der Waals surface area contributed by atoms with E-state index in [1.807, 2.05) is 30.5 Å². The Kier molecular flexibility index (Phi) is 4.74. The molecule has 0 radical (unpaired) electrons. The smallest absolute Gasteiger partial charge is 0.153 e. The topological polar surface area (TPSA) is 62.5 Å². The summed E-state index contributed by atoms with van der Waals surface area (Å²) in [6.45, 7) is 0. The van der Waals surface area contributed by atoms with Crippen molar-refractivity contribution >= 4 is 38.5 Å². The summed E-state index contributed by atoms with van der Waals surface area (Å²) in [6.07, 6.45) is 3.19. The van der Waals surface area contributed by atoms with Gasteiger partial charge in [-0.2, -0.15) is 0 Å². The average molecular weight is 529 g/mol. The zero-order valence-electron chi connectivity index (χ0n) is 22.0. The number of nitrogens with one attached hydrogen (secondary N) is 2. The van der Waals surface area contributed by atoms with Gasteiger partial charge in [0.15, 0.2) is 5.58 Å². The van der Waals surface area contributed by atoms with Crippen LogP contribution in [-0.4, -0.2) is 10.8 Å². The highest BCUT2D eigenvalue weighted by Gasteiger charge is 2.29. The molecule has 7 aromatic rings. The molecule has 0 saturated heterocycles. The second kappa shape index (κ2) is 8.62. The zero-order chi connectivity index (χ0) is 26.9. The Morgan fingerprint density at radius 1 is 0.610 bits per heavy atom. The molecule has 2 aromatic heterocycles. The van der Waals surface area contributed by atoms with Crippen LogP contribution in [0.3, 0.4) is 0 Å². The van der Waals surface area contributed by atoms with Crippen molar-refractivity contribution in [1.29, 1.82) is 0 Å². The predicted octanol–water partition coefficient (Wildman–Crippen LogP) is 8.12. The molecule has 2 unspecified atom stereocenters. The fraction of sp³-hybridized carbons (Fsp3) is 0.0556. The zero-order valence-corrected chi connectivity index (χ0v) is 22.0. The number of benzene rings is 5. The van der Waals surface area contributed by atoms with Gasteiger partial charge in [-0.15, -0.1) is 0 Å². The highest BCUT2D eigenvalue weighted by molar-refractivity contribution is 6.18. The van der Waals surface area contributed by atoms with Gasteiger partial charge in [0.1, 0.15) is 23.8 Å². The number of aromatic nitrogens is 1. The van der Waals surface area contributed by atoms with E-state index in [-0.39, 0.29) is 12.3 Å². The molecule has 0 spiro atoms. The van der Waals surface area contributed by atoms with Crippen LogP contribution in [0.25, 0.3) is 55.0 Å².